The second-order valence-electron chi connectivity index (χ2n) is 4.43. The molecule has 0 rings (SSSR count). The van der Waals surface area contributed by atoms with E-state index in [0.29, 0.717) is 6.42 Å². The van der Waals surface area contributed by atoms with Crippen LogP contribution < -0.4 is 5.32 Å². The number of esters is 1. The molecule has 2 N–H and O–H groups in total. The van der Waals surface area contributed by atoms with Crippen molar-refractivity contribution >= 4 is 11.9 Å². The first-order valence-electron chi connectivity index (χ1n) is 5.85. The predicted molar refractivity (Wildman–Crippen MR) is 64.3 cm³/mol. The maximum atomic E-state index is 11.6. The minimum Gasteiger partial charge on any atom is -0.467 e. The fourth-order valence-electron chi connectivity index (χ4n) is 1.42. The summed E-state index contributed by atoms with van der Waals surface area (Å²) in [6, 6.07) is 1.01. The summed E-state index contributed by atoms with van der Waals surface area (Å²) >= 11 is 0. The van der Waals surface area contributed by atoms with E-state index in [1.54, 1.807) is 0 Å². The van der Waals surface area contributed by atoms with Gasteiger partial charge in [0.25, 0.3) is 0 Å². The second kappa shape index (κ2) is 8.48. The van der Waals surface area contributed by atoms with Crippen LogP contribution >= 0.6 is 0 Å². The number of ether oxygens (including phenoxy) is 1. The summed E-state index contributed by atoms with van der Waals surface area (Å²) in [4.78, 5) is 23.0. The number of nitrogens with one attached hydrogen (secondary N) is 1. The average Bonchev–Trinajstić information content (AvgIpc) is 2.32. The van der Waals surface area contributed by atoms with Gasteiger partial charge in [-0.1, -0.05) is 13.8 Å². The normalized spacial score (nSPS) is 13.6. The zero-order chi connectivity index (χ0) is 14.1. The van der Waals surface area contributed by atoms with Crippen LogP contribution in [0.2, 0.25) is 0 Å². The lowest BCUT2D eigenvalue weighted by atomic mass is 10.0. The van der Waals surface area contributed by atoms with Gasteiger partial charge in [0, 0.05) is 6.42 Å². The number of carbonyl (C=O) groups excluding carboxylic acids is 2. The van der Waals surface area contributed by atoms with Crippen LogP contribution in [0.3, 0.4) is 0 Å². The summed E-state index contributed by atoms with van der Waals surface area (Å²) in [6.07, 6.45) is -0.541. The van der Waals surface area contributed by atoms with Crippen molar-refractivity contribution in [3.05, 3.63) is 0 Å². The lowest BCUT2D eigenvalue weighted by Gasteiger charge is -2.18. The predicted octanol–water partition coefficient (Wildman–Crippen LogP) is 0.355. The molecule has 0 radical (unpaired) electrons. The number of carbonyl (C=O) groups is 2. The standard InChI is InChI=1S/C12H20N2O4/c1-8(2)7-10(15)11(16)14-9(5-4-6-13)12(17)18-3/h8-10,15H,4-5,7H2,1-3H3,(H,14,16)/t9-,10-/m0/s1. The number of aliphatic hydroxyl groups excluding tert-OH is 1. The van der Waals surface area contributed by atoms with E-state index in [-0.39, 0.29) is 18.8 Å². The topological polar surface area (TPSA) is 99.4 Å². The first-order valence-corrected chi connectivity index (χ1v) is 5.85. The molecular formula is C12H20N2O4. The third-order valence-electron chi connectivity index (χ3n) is 2.34. The first-order chi connectivity index (χ1) is 8.42. The van der Waals surface area contributed by atoms with Crippen molar-refractivity contribution in [1.29, 1.82) is 5.26 Å². The van der Waals surface area contributed by atoms with Crippen molar-refractivity contribution in [1.82, 2.24) is 5.32 Å². The highest BCUT2D eigenvalue weighted by atomic mass is 16.5. The highest BCUT2D eigenvalue weighted by Gasteiger charge is 2.25. The van der Waals surface area contributed by atoms with E-state index in [4.69, 9.17) is 5.26 Å². The molecule has 0 aliphatic carbocycles. The molecule has 6 heteroatoms. The third kappa shape index (κ3) is 6.21. The Labute approximate surface area is 107 Å². The van der Waals surface area contributed by atoms with Crippen LogP contribution in [0.5, 0.6) is 0 Å². The zero-order valence-corrected chi connectivity index (χ0v) is 11.0. The van der Waals surface area contributed by atoms with Crippen molar-refractivity contribution in [3.63, 3.8) is 0 Å². The lowest BCUT2D eigenvalue weighted by molar-refractivity contribution is -0.146. The Bertz CT molecular complexity index is 323. The van der Waals surface area contributed by atoms with Crippen molar-refractivity contribution in [2.24, 2.45) is 5.92 Å². The molecule has 18 heavy (non-hydrogen) atoms. The average molecular weight is 256 g/mol. The van der Waals surface area contributed by atoms with Crippen LogP contribution in [0, 0.1) is 17.2 Å². The second-order valence-corrected chi connectivity index (χ2v) is 4.43. The van der Waals surface area contributed by atoms with Gasteiger partial charge in [0.1, 0.15) is 12.1 Å². The van der Waals surface area contributed by atoms with E-state index in [0.717, 1.165) is 0 Å². The molecular weight excluding hydrogens is 236 g/mol. The summed E-state index contributed by atoms with van der Waals surface area (Å²) in [7, 11) is 1.21. The smallest absolute Gasteiger partial charge is 0.328 e. The van der Waals surface area contributed by atoms with E-state index in [1.807, 2.05) is 19.9 Å². The number of rotatable bonds is 7. The Balaban J connectivity index is 4.43. The van der Waals surface area contributed by atoms with E-state index in [1.165, 1.54) is 7.11 Å². The fraction of sp³-hybridized carbons (Fsp3) is 0.750. The van der Waals surface area contributed by atoms with Gasteiger partial charge in [-0.05, 0) is 18.8 Å². The number of methoxy groups -OCH3 is 1. The summed E-state index contributed by atoms with van der Waals surface area (Å²) in [5.41, 5.74) is 0. The summed E-state index contributed by atoms with van der Waals surface area (Å²) in [6.45, 7) is 3.76. The lowest BCUT2D eigenvalue weighted by Crippen LogP contribution is -2.46. The monoisotopic (exact) mass is 256 g/mol. The molecule has 6 nitrogen and oxygen atoms in total. The minimum atomic E-state index is -1.15. The van der Waals surface area contributed by atoms with Gasteiger partial charge in [0.05, 0.1) is 13.2 Å². The Kier molecular flexibility index (Phi) is 7.72. The van der Waals surface area contributed by atoms with Crippen LogP contribution in [0.25, 0.3) is 0 Å². The molecule has 102 valence electrons. The maximum Gasteiger partial charge on any atom is 0.328 e. The molecule has 0 heterocycles. The molecule has 0 fully saturated rings. The Hall–Kier alpha value is -1.61. The van der Waals surface area contributed by atoms with Crippen molar-refractivity contribution in [2.75, 3.05) is 7.11 Å². The van der Waals surface area contributed by atoms with Crippen LogP contribution in [0.4, 0.5) is 0 Å². The number of hydrogen-bond acceptors (Lipinski definition) is 5. The molecule has 1 amide bonds. The third-order valence-corrected chi connectivity index (χ3v) is 2.34. The van der Waals surface area contributed by atoms with Gasteiger partial charge in [-0.3, -0.25) is 4.79 Å². The highest BCUT2D eigenvalue weighted by Crippen LogP contribution is 2.06. The Morgan fingerprint density at radius 1 is 1.44 bits per heavy atom. The largest absolute Gasteiger partial charge is 0.467 e. The minimum absolute atomic E-state index is 0.125. The van der Waals surface area contributed by atoms with Gasteiger partial charge >= 0.3 is 5.97 Å². The number of amides is 1. The molecule has 0 saturated heterocycles. The molecule has 0 aliphatic heterocycles. The summed E-state index contributed by atoms with van der Waals surface area (Å²) < 4.78 is 4.53. The van der Waals surface area contributed by atoms with Gasteiger partial charge in [-0.25, -0.2) is 4.79 Å². The van der Waals surface area contributed by atoms with E-state index >= 15 is 0 Å². The van der Waals surface area contributed by atoms with Gasteiger partial charge in [-0.15, -0.1) is 0 Å². The Morgan fingerprint density at radius 2 is 2.06 bits per heavy atom. The van der Waals surface area contributed by atoms with Crippen LogP contribution in [0.1, 0.15) is 33.1 Å². The molecule has 0 bridgehead atoms. The van der Waals surface area contributed by atoms with E-state index in [2.05, 4.69) is 10.1 Å². The van der Waals surface area contributed by atoms with E-state index in [9.17, 15) is 14.7 Å². The van der Waals surface area contributed by atoms with Gasteiger partial charge < -0.3 is 15.2 Å². The van der Waals surface area contributed by atoms with E-state index < -0.39 is 24.0 Å². The van der Waals surface area contributed by atoms with Gasteiger partial charge in [0.2, 0.25) is 5.91 Å². The zero-order valence-electron chi connectivity index (χ0n) is 11.0. The molecule has 0 saturated carbocycles. The summed E-state index contributed by atoms with van der Waals surface area (Å²) in [5.74, 6) is -1.06. The molecule has 0 unspecified atom stereocenters. The Morgan fingerprint density at radius 3 is 2.50 bits per heavy atom. The van der Waals surface area contributed by atoms with Crippen molar-refractivity contribution in [2.45, 2.75) is 45.3 Å². The van der Waals surface area contributed by atoms with Gasteiger partial charge in [-0.2, -0.15) is 5.26 Å². The SMILES string of the molecule is COC(=O)[C@H](CCC#N)NC(=O)[C@@H](O)CC(C)C. The molecule has 0 aromatic heterocycles. The molecule has 0 aromatic carbocycles. The van der Waals surface area contributed by atoms with Crippen LogP contribution in [-0.2, 0) is 14.3 Å². The quantitative estimate of drug-likeness (QED) is 0.640. The molecule has 0 aromatic rings. The van der Waals surface area contributed by atoms with Crippen LogP contribution in [-0.4, -0.2) is 36.2 Å². The maximum absolute atomic E-state index is 11.6. The number of nitriles is 1. The highest BCUT2D eigenvalue weighted by molar-refractivity contribution is 5.86. The first kappa shape index (κ1) is 16.4. The van der Waals surface area contributed by atoms with Crippen molar-refractivity contribution in [3.8, 4) is 6.07 Å². The van der Waals surface area contributed by atoms with Crippen molar-refractivity contribution < 1.29 is 19.4 Å². The number of nitrogens with zero attached hydrogens (tertiary/aromatic N) is 1. The molecule has 0 spiro atoms. The molecule has 2 atom stereocenters. The molecule has 0 aliphatic rings. The van der Waals surface area contributed by atoms with Gasteiger partial charge in [0.15, 0.2) is 0 Å². The number of aliphatic hydroxyl groups is 1. The number of hydrogen-bond donors (Lipinski definition) is 2. The summed E-state index contributed by atoms with van der Waals surface area (Å²) in [5, 5.41) is 20.4. The fourth-order valence-corrected chi connectivity index (χ4v) is 1.42. The van der Waals surface area contributed by atoms with Crippen LogP contribution in [0.15, 0.2) is 0 Å².